The molecule has 0 bridgehead atoms. The molecule has 19 heavy (non-hydrogen) atoms. The van der Waals surface area contributed by atoms with Crippen LogP contribution in [0.15, 0.2) is 18.2 Å². The fraction of sp³-hybridized carbons (Fsp3) is 0.462. The molecular weight excluding hydrogens is 246 g/mol. The highest BCUT2D eigenvalue weighted by atomic mass is 16.4. The molecule has 1 aliphatic carbocycles. The highest BCUT2D eigenvalue weighted by Gasteiger charge is 2.39. The van der Waals surface area contributed by atoms with E-state index in [2.05, 4.69) is 10.3 Å². The van der Waals surface area contributed by atoms with Crippen LogP contribution in [0.5, 0.6) is 0 Å². The maximum absolute atomic E-state index is 11.5. The number of carboxylic acids is 1. The zero-order valence-corrected chi connectivity index (χ0v) is 10.6. The lowest BCUT2D eigenvalue weighted by Crippen LogP contribution is -2.48. The van der Waals surface area contributed by atoms with E-state index in [1.165, 1.54) is 6.07 Å². The maximum atomic E-state index is 11.5. The van der Waals surface area contributed by atoms with Gasteiger partial charge in [-0.2, -0.15) is 0 Å². The van der Waals surface area contributed by atoms with E-state index in [0.717, 1.165) is 19.3 Å². The molecule has 1 amide bonds. The van der Waals surface area contributed by atoms with Gasteiger partial charge in [-0.05, 0) is 25.0 Å². The molecule has 0 unspecified atom stereocenters. The van der Waals surface area contributed by atoms with Crippen LogP contribution in [0.1, 0.15) is 42.6 Å². The SMILES string of the molecule is NC(=O)c1cccc(NC2(C(=O)O)CCCCC2)n1. The molecule has 0 spiro atoms. The summed E-state index contributed by atoms with van der Waals surface area (Å²) in [4.78, 5) is 26.6. The van der Waals surface area contributed by atoms with Crippen LogP contribution in [0, 0.1) is 0 Å². The molecule has 1 fully saturated rings. The van der Waals surface area contributed by atoms with Crippen LogP contribution in [0.25, 0.3) is 0 Å². The van der Waals surface area contributed by atoms with E-state index >= 15 is 0 Å². The summed E-state index contributed by atoms with van der Waals surface area (Å²) in [6.45, 7) is 0. The topological polar surface area (TPSA) is 105 Å². The molecule has 2 rings (SSSR count). The van der Waals surface area contributed by atoms with E-state index in [0.29, 0.717) is 18.7 Å². The summed E-state index contributed by atoms with van der Waals surface area (Å²) in [5.41, 5.74) is 4.30. The number of hydrogen-bond donors (Lipinski definition) is 3. The van der Waals surface area contributed by atoms with Gasteiger partial charge in [0.15, 0.2) is 0 Å². The van der Waals surface area contributed by atoms with Crippen molar-refractivity contribution in [2.45, 2.75) is 37.6 Å². The van der Waals surface area contributed by atoms with E-state index in [-0.39, 0.29) is 5.69 Å². The summed E-state index contributed by atoms with van der Waals surface area (Å²) in [5.74, 6) is -1.13. The molecule has 1 aromatic heterocycles. The Kier molecular flexibility index (Phi) is 3.69. The van der Waals surface area contributed by atoms with Gasteiger partial charge in [0.2, 0.25) is 0 Å². The van der Waals surface area contributed by atoms with Crippen LogP contribution in [-0.4, -0.2) is 27.5 Å². The Labute approximate surface area is 111 Å². The molecule has 0 saturated heterocycles. The zero-order chi connectivity index (χ0) is 13.9. The number of amides is 1. The van der Waals surface area contributed by atoms with E-state index in [4.69, 9.17) is 5.73 Å². The molecule has 1 heterocycles. The van der Waals surface area contributed by atoms with E-state index in [9.17, 15) is 14.7 Å². The van der Waals surface area contributed by atoms with Gasteiger partial charge in [-0.15, -0.1) is 0 Å². The predicted molar refractivity (Wildman–Crippen MR) is 69.8 cm³/mol. The highest BCUT2D eigenvalue weighted by Crippen LogP contribution is 2.31. The number of primary amides is 1. The van der Waals surface area contributed by atoms with Gasteiger partial charge in [-0.25, -0.2) is 9.78 Å². The van der Waals surface area contributed by atoms with Crippen LogP contribution in [0.4, 0.5) is 5.82 Å². The number of nitrogens with two attached hydrogens (primary N) is 1. The third kappa shape index (κ3) is 2.83. The van der Waals surface area contributed by atoms with Gasteiger partial charge in [-0.1, -0.05) is 25.3 Å². The third-order valence-corrected chi connectivity index (χ3v) is 3.49. The lowest BCUT2D eigenvalue weighted by Gasteiger charge is -2.34. The zero-order valence-electron chi connectivity index (χ0n) is 10.6. The minimum absolute atomic E-state index is 0.126. The van der Waals surface area contributed by atoms with Crippen LogP contribution >= 0.6 is 0 Å². The standard InChI is InChI=1S/C13H17N3O3/c14-11(17)9-5-4-6-10(15-9)16-13(12(18)19)7-2-1-3-8-13/h4-6H,1-3,7-8H2,(H2,14,17)(H,15,16)(H,18,19). The van der Waals surface area contributed by atoms with Crippen LogP contribution in [0.3, 0.4) is 0 Å². The maximum Gasteiger partial charge on any atom is 0.329 e. The molecule has 0 radical (unpaired) electrons. The molecule has 4 N–H and O–H groups in total. The minimum Gasteiger partial charge on any atom is -0.480 e. The summed E-state index contributed by atoms with van der Waals surface area (Å²) < 4.78 is 0. The summed E-state index contributed by atoms with van der Waals surface area (Å²) in [5, 5.41) is 12.4. The summed E-state index contributed by atoms with van der Waals surface area (Å²) >= 11 is 0. The number of carbonyl (C=O) groups excluding carboxylic acids is 1. The van der Waals surface area contributed by atoms with Gasteiger partial charge in [0.05, 0.1) is 0 Å². The van der Waals surface area contributed by atoms with E-state index in [1.807, 2.05) is 0 Å². The Bertz CT molecular complexity index is 496. The Morgan fingerprint density at radius 1 is 1.26 bits per heavy atom. The Balaban J connectivity index is 2.24. The van der Waals surface area contributed by atoms with Gasteiger partial charge < -0.3 is 16.2 Å². The molecule has 0 aromatic carbocycles. The Hall–Kier alpha value is -2.11. The summed E-state index contributed by atoms with van der Waals surface area (Å²) in [7, 11) is 0. The largest absolute Gasteiger partial charge is 0.480 e. The molecule has 1 aliphatic rings. The van der Waals surface area contributed by atoms with Crippen molar-refractivity contribution in [2.75, 3.05) is 5.32 Å². The second-order valence-corrected chi connectivity index (χ2v) is 4.85. The van der Waals surface area contributed by atoms with Crippen LogP contribution in [-0.2, 0) is 4.79 Å². The van der Waals surface area contributed by atoms with Gasteiger partial charge in [0, 0.05) is 0 Å². The fourth-order valence-corrected chi connectivity index (χ4v) is 2.43. The fourth-order valence-electron chi connectivity index (χ4n) is 2.43. The second-order valence-electron chi connectivity index (χ2n) is 4.85. The average Bonchev–Trinajstić information content (AvgIpc) is 2.40. The lowest BCUT2D eigenvalue weighted by molar-refractivity contribution is -0.143. The molecule has 1 aromatic rings. The number of aromatic nitrogens is 1. The number of pyridine rings is 1. The molecular formula is C13H17N3O3. The Morgan fingerprint density at radius 3 is 2.53 bits per heavy atom. The summed E-state index contributed by atoms with van der Waals surface area (Å²) in [6, 6.07) is 4.78. The van der Waals surface area contributed by atoms with Crippen LogP contribution < -0.4 is 11.1 Å². The second kappa shape index (κ2) is 5.26. The molecule has 6 nitrogen and oxygen atoms in total. The predicted octanol–water partition coefficient (Wildman–Crippen LogP) is 1.38. The quantitative estimate of drug-likeness (QED) is 0.761. The lowest BCUT2D eigenvalue weighted by atomic mass is 9.81. The molecule has 0 atom stereocenters. The monoisotopic (exact) mass is 263 g/mol. The number of carbonyl (C=O) groups is 2. The number of anilines is 1. The van der Waals surface area contributed by atoms with Crippen molar-refractivity contribution in [3.05, 3.63) is 23.9 Å². The normalized spacial score (nSPS) is 17.7. The van der Waals surface area contributed by atoms with Crippen molar-refractivity contribution in [1.29, 1.82) is 0 Å². The number of aliphatic carboxylic acids is 1. The first-order valence-electron chi connectivity index (χ1n) is 6.32. The van der Waals surface area contributed by atoms with Crippen LogP contribution in [0.2, 0.25) is 0 Å². The summed E-state index contributed by atoms with van der Waals surface area (Å²) in [6.07, 6.45) is 3.91. The first kappa shape index (κ1) is 13.3. The first-order chi connectivity index (χ1) is 9.03. The number of carboxylic acid groups (broad SMARTS) is 1. The number of nitrogens with zero attached hydrogens (tertiary/aromatic N) is 1. The van der Waals surface area contributed by atoms with Crippen molar-refractivity contribution < 1.29 is 14.7 Å². The Morgan fingerprint density at radius 2 is 1.95 bits per heavy atom. The van der Waals surface area contributed by atoms with Gasteiger partial charge >= 0.3 is 5.97 Å². The molecule has 0 aliphatic heterocycles. The third-order valence-electron chi connectivity index (χ3n) is 3.49. The highest BCUT2D eigenvalue weighted by molar-refractivity contribution is 5.91. The molecule has 102 valence electrons. The first-order valence-corrected chi connectivity index (χ1v) is 6.32. The average molecular weight is 263 g/mol. The van der Waals surface area contributed by atoms with Gasteiger partial charge in [0.25, 0.3) is 5.91 Å². The number of hydrogen-bond acceptors (Lipinski definition) is 4. The van der Waals surface area contributed by atoms with Crippen molar-refractivity contribution >= 4 is 17.7 Å². The number of rotatable bonds is 4. The van der Waals surface area contributed by atoms with Crippen molar-refractivity contribution in [3.8, 4) is 0 Å². The van der Waals surface area contributed by atoms with Crippen molar-refractivity contribution in [1.82, 2.24) is 4.98 Å². The minimum atomic E-state index is -0.985. The van der Waals surface area contributed by atoms with Crippen molar-refractivity contribution in [2.24, 2.45) is 5.73 Å². The van der Waals surface area contributed by atoms with Crippen molar-refractivity contribution in [3.63, 3.8) is 0 Å². The molecule has 1 saturated carbocycles. The van der Waals surface area contributed by atoms with Gasteiger partial charge in [-0.3, -0.25) is 4.79 Å². The van der Waals surface area contributed by atoms with E-state index in [1.54, 1.807) is 12.1 Å². The molecule has 6 heteroatoms. The smallest absolute Gasteiger partial charge is 0.329 e. The number of nitrogens with one attached hydrogen (secondary N) is 1. The van der Waals surface area contributed by atoms with E-state index < -0.39 is 17.4 Å². The van der Waals surface area contributed by atoms with Gasteiger partial charge in [0.1, 0.15) is 17.1 Å².